The highest BCUT2D eigenvalue weighted by Gasteiger charge is 2.47. The van der Waals surface area contributed by atoms with Crippen LogP contribution in [-0.2, 0) is 63.1 Å². The molecule has 0 aliphatic rings. The number of nitrogens with one attached hydrogen (secondary N) is 3. The monoisotopic (exact) mass is 635 g/mol. The maximum atomic E-state index is 12.6. The molecule has 11 nitrogen and oxygen atoms in total. The lowest BCUT2D eigenvalue weighted by Gasteiger charge is -2.34. The molecule has 0 heterocycles. The van der Waals surface area contributed by atoms with Crippen molar-refractivity contribution < 1.29 is 37.0 Å². The van der Waals surface area contributed by atoms with Crippen LogP contribution in [0.25, 0.3) is 0 Å². The van der Waals surface area contributed by atoms with Gasteiger partial charge in [-0.1, -0.05) is 65.8 Å². The number of carbonyl (C=O) groups is 3. The maximum absolute atomic E-state index is 12.6. The Bertz CT molecular complexity index is 1370. The van der Waals surface area contributed by atoms with E-state index in [0.717, 1.165) is 17.4 Å². The van der Waals surface area contributed by atoms with Gasteiger partial charge >= 0.3 is 23.9 Å². The Morgan fingerprint density at radius 3 is 1.72 bits per heavy atom. The molecule has 0 aliphatic heterocycles. The zero-order chi connectivity index (χ0) is 32.4. The van der Waals surface area contributed by atoms with Gasteiger partial charge < -0.3 is 24.8 Å². The number of esters is 3. The first-order valence-corrected chi connectivity index (χ1v) is 16.2. The molecule has 236 valence electrons. The Kier molecular flexibility index (Phi) is 12.5. The Hall–Kier alpha value is -3.71. The molecular weight excluding hydrogens is 594 g/mol. The summed E-state index contributed by atoms with van der Waals surface area (Å²) in [6.07, 6.45) is 0.914. The number of hydrogen-bond acceptors (Lipinski definition) is 9. The third kappa shape index (κ3) is 11.1. The number of thiocarbonyl (C=S) groups is 1. The van der Waals surface area contributed by atoms with Crippen molar-refractivity contribution in [2.45, 2.75) is 85.3 Å². The van der Waals surface area contributed by atoms with Crippen LogP contribution in [-0.4, -0.2) is 37.7 Å². The Morgan fingerprint density at radius 1 is 0.791 bits per heavy atom. The Morgan fingerprint density at radius 2 is 1.28 bits per heavy atom. The van der Waals surface area contributed by atoms with Gasteiger partial charge in [0.25, 0.3) is 0 Å². The van der Waals surface area contributed by atoms with Crippen molar-refractivity contribution in [1.82, 2.24) is 10.6 Å². The van der Waals surface area contributed by atoms with Crippen LogP contribution < -0.4 is 15.4 Å². The van der Waals surface area contributed by atoms with Gasteiger partial charge in [0.15, 0.2) is 5.11 Å². The quantitative estimate of drug-likeness (QED) is 0.162. The van der Waals surface area contributed by atoms with Crippen LogP contribution in [0.1, 0.15) is 83.1 Å². The van der Waals surface area contributed by atoms with Crippen LogP contribution in [0.2, 0.25) is 0 Å². The number of sulfonamides is 1. The third-order valence-electron chi connectivity index (χ3n) is 6.07. The SMILES string of the molecule is CCC(=O)OC(OC(=O)CC)(OC(=O)CC)c1cc(C(C)(C)C)ccc1CNC(=S)NCc1ccc(NS(C)(=O)=O)cc1. The zero-order valence-electron chi connectivity index (χ0n) is 25.7. The van der Waals surface area contributed by atoms with Crippen molar-refractivity contribution in [2.75, 3.05) is 11.0 Å². The lowest BCUT2D eigenvalue weighted by atomic mass is 9.84. The molecule has 0 spiro atoms. The summed E-state index contributed by atoms with van der Waals surface area (Å²) in [5.74, 6) is -4.64. The predicted molar refractivity (Wildman–Crippen MR) is 167 cm³/mol. The first-order valence-electron chi connectivity index (χ1n) is 13.9. The van der Waals surface area contributed by atoms with E-state index >= 15 is 0 Å². The van der Waals surface area contributed by atoms with Crippen molar-refractivity contribution in [3.8, 4) is 0 Å². The van der Waals surface area contributed by atoms with Gasteiger partial charge in [0.05, 0.1) is 11.8 Å². The molecule has 2 aromatic carbocycles. The minimum Gasteiger partial charge on any atom is -0.384 e. The van der Waals surface area contributed by atoms with Gasteiger partial charge in [-0.25, -0.2) is 8.42 Å². The second kappa shape index (κ2) is 15.1. The topological polar surface area (TPSA) is 149 Å². The van der Waals surface area contributed by atoms with Crippen molar-refractivity contribution >= 4 is 50.9 Å². The Labute approximate surface area is 259 Å². The predicted octanol–water partition coefficient (Wildman–Crippen LogP) is 4.49. The molecule has 0 aromatic heterocycles. The molecule has 0 radical (unpaired) electrons. The molecule has 0 atom stereocenters. The van der Waals surface area contributed by atoms with E-state index in [1.54, 1.807) is 57.2 Å². The van der Waals surface area contributed by atoms with Crippen molar-refractivity contribution in [3.05, 3.63) is 64.7 Å². The van der Waals surface area contributed by atoms with Crippen molar-refractivity contribution in [3.63, 3.8) is 0 Å². The molecule has 43 heavy (non-hydrogen) atoms. The summed E-state index contributed by atoms with van der Waals surface area (Å²) in [5.41, 5.74) is 2.44. The second-order valence-corrected chi connectivity index (χ2v) is 12.9. The third-order valence-corrected chi connectivity index (χ3v) is 6.96. The summed E-state index contributed by atoms with van der Waals surface area (Å²) in [4.78, 5) is 37.9. The largest absolute Gasteiger partial charge is 0.454 e. The van der Waals surface area contributed by atoms with Gasteiger partial charge in [-0.3, -0.25) is 19.1 Å². The Balaban J connectivity index is 2.41. The van der Waals surface area contributed by atoms with Gasteiger partial charge in [0, 0.05) is 38.0 Å². The van der Waals surface area contributed by atoms with Crippen molar-refractivity contribution in [1.29, 1.82) is 0 Å². The number of carbonyl (C=O) groups excluding carboxylic acids is 3. The summed E-state index contributed by atoms with van der Waals surface area (Å²) in [6, 6.07) is 12.2. The second-order valence-electron chi connectivity index (χ2n) is 10.8. The minimum absolute atomic E-state index is 0.0546. The van der Waals surface area contributed by atoms with E-state index in [9.17, 15) is 22.8 Å². The molecule has 0 unspecified atom stereocenters. The van der Waals surface area contributed by atoms with Crippen molar-refractivity contribution in [2.24, 2.45) is 0 Å². The fourth-order valence-electron chi connectivity index (χ4n) is 3.70. The molecule has 13 heteroatoms. The molecule has 0 aliphatic carbocycles. The summed E-state index contributed by atoms with van der Waals surface area (Å²) in [5, 5.41) is 6.46. The molecule has 2 rings (SSSR count). The molecule has 0 fully saturated rings. The van der Waals surface area contributed by atoms with E-state index in [-0.39, 0.29) is 41.9 Å². The highest BCUT2D eigenvalue weighted by atomic mass is 32.2. The summed E-state index contributed by atoms with van der Waals surface area (Å²) in [7, 11) is -3.38. The average Bonchev–Trinajstić information content (AvgIpc) is 2.93. The van der Waals surface area contributed by atoms with Crippen LogP contribution in [0.3, 0.4) is 0 Å². The first kappa shape index (κ1) is 35.5. The minimum atomic E-state index is -3.38. The van der Waals surface area contributed by atoms with E-state index in [4.69, 9.17) is 26.4 Å². The fourth-order valence-corrected chi connectivity index (χ4v) is 4.41. The zero-order valence-corrected chi connectivity index (χ0v) is 27.3. The smallest absolute Gasteiger partial charge is 0.384 e. The summed E-state index contributed by atoms with van der Waals surface area (Å²) >= 11 is 5.47. The highest BCUT2D eigenvalue weighted by Crippen LogP contribution is 2.36. The average molecular weight is 636 g/mol. The van der Waals surface area contributed by atoms with E-state index in [2.05, 4.69) is 15.4 Å². The first-order chi connectivity index (χ1) is 20.0. The number of ether oxygens (including phenoxy) is 3. The molecule has 0 saturated heterocycles. The lowest BCUT2D eigenvalue weighted by molar-refractivity contribution is -0.340. The summed E-state index contributed by atoms with van der Waals surface area (Å²) < 4.78 is 42.2. The summed E-state index contributed by atoms with van der Waals surface area (Å²) in [6.45, 7) is 11.1. The van der Waals surface area contributed by atoms with E-state index in [1.165, 1.54) is 0 Å². The van der Waals surface area contributed by atoms with Crippen LogP contribution in [0.4, 0.5) is 5.69 Å². The van der Waals surface area contributed by atoms with Gasteiger partial charge in [0.1, 0.15) is 0 Å². The molecular formula is C30H41N3O8S2. The maximum Gasteiger partial charge on any atom is 0.454 e. The molecule has 0 amide bonds. The van der Waals surface area contributed by atoms with E-state index < -0.39 is 33.9 Å². The van der Waals surface area contributed by atoms with E-state index in [1.807, 2.05) is 26.8 Å². The molecule has 3 N–H and O–H groups in total. The van der Waals surface area contributed by atoms with Crippen LogP contribution in [0.15, 0.2) is 42.5 Å². The van der Waals surface area contributed by atoms with E-state index in [0.29, 0.717) is 17.8 Å². The number of benzene rings is 2. The standard InChI is InChI=1S/C30H41N3O8S2/c1-8-25(34)39-30(40-26(35)9-2,41-27(36)10-3)24-17-22(29(4,5)6)14-13-21(24)19-32-28(42)31-18-20-11-15-23(16-12-20)33-43(7,37)38/h11-17,33H,8-10,18-19H2,1-7H3,(H2,31,32,42). The van der Waals surface area contributed by atoms with Crippen LogP contribution in [0.5, 0.6) is 0 Å². The normalized spacial score (nSPS) is 11.7. The van der Waals surface area contributed by atoms with Crippen LogP contribution in [0, 0.1) is 0 Å². The molecule has 2 aromatic rings. The van der Waals surface area contributed by atoms with Gasteiger partial charge in [-0.05, 0) is 52.5 Å². The fraction of sp³-hybridized carbons (Fsp3) is 0.467. The number of hydrogen-bond donors (Lipinski definition) is 3. The van der Waals surface area contributed by atoms with Gasteiger partial charge in [-0.15, -0.1) is 0 Å². The number of anilines is 1. The van der Waals surface area contributed by atoms with Crippen LogP contribution >= 0.6 is 12.2 Å². The van der Waals surface area contributed by atoms with Gasteiger partial charge in [-0.2, -0.15) is 0 Å². The molecule has 0 saturated carbocycles. The van der Waals surface area contributed by atoms with Gasteiger partial charge in [0.2, 0.25) is 10.0 Å². The number of rotatable bonds is 13. The highest BCUT2D eigenvalue weighted by molar-refractivity contribution is 7.92. The lowest BCUT2D eigenvalue weighted by Crippen LogP contribution is -2.43. The molecule has 0 bridgehead atoms.